The van der Waals surface area contributed by atoms with E-state index in [-0.39, 0.29) is 12.4 Å². The van der Waals surface area contributed by atoms with Crippen molar-refractivity contribution in [1.29, 1.82) is 0 Å². The Morgan fingerprint density at radius 2 is 1.71 bits per heavy atom. The second-order valence-electron chi connectivity index (χ2n) is 7.56. The fraction of sp³-hybridized carbons (Fsp3) is 0.632. The summed E-state index contributed by atoms with van der Waals surface area (Å²) in [6.45, 7) is 0.735. The normalized spacial score (nSPS) is 28.3. The van der Waals surface area contributed by atoms with Gasteiger partial charge in [0.15, 0.2) is 0 Å². The summed E-state index contributed by atoms with van der Waals surface area (Å²) in [4.78, 5) is 15.0. The molecule has 4 rings (SSSR count). The molecule has 2 aliphatic heterocycles. The Kier molecular flexibility index (Phi) is 5.74. The summed E-state index contributed by atoms with van der Waals surface area (Å²) in [6, 6.07) is 9.70. The molecule has 5 heteroatoms. The van der Waals surface area contributed by atoms with E-state index >= 15 is 0 Å². The SMILES string of the molecule is Cl.O=C(CC1CC2CCC(C1)N2)N(Cc1ccc(Cl)cc1)C1CC1. The molecule has 0 radical (unpaired) electrons. The quantitative estimate of drug-likeness (QED) is 0.845. The lowest BCUT2D eigenvalue weighted by Gasteiger charge is -2.31. The van der Waals surface area contributed by atoms with Crippen LogP contribution < -0.4 is 5.32 Å². The van der Waals surface area contributed by atoms with Crippen molar-refractivity contribution in [3.63, 3.8) is 0 Å². The van der Waals surface area contributed by atoms with Gasteiger partial charge in [-0.15, -0.1) is 12.4 Å². The first-order valence-electron chi connectivity index (χ1n) is 8.97. The van der Waals surface area contributed by atoms with E-state index in [0.29, 0.717) is 30.0 Å². The molecular weight excluding hydrogens is 343 g/mol. The van der Waals surface area contributed by atoms with Gasteiger partial charge in [0.05, 0.1) is 0 Å². The molecule has 1 saturated carbocycles. The number of halogens is 2. The number of nitrogens with one attached hydrogen (secondary N) is 1. The number of rotatable bonds is 5. The van der Waals surface area contributed by atoms with Gasteiger partial charge in [-0.05, 0) is 62.1 Å². The fourth-order valence-electron chi connectivity index (χ4n) is 4.30. The van der Waals surface area contributed by atoms with Crippen LogP contribution in [-0.2, 0) is 11.3 Å². The van der Waals surface area contributed by atoms with Crippen LogP contribution >= 0.6 is 24.0 Å². The highest BCUT2D eigenvalue weighted by atomic mass is 35.5. The zero-order chi connectivity index (χ0) is 15.8. The van der Waals surface area contributed by atoms with E-state index in [1.54, 1.807) is 0 Å². The molecule has 2 atom stereocenters. The van der Waals surface area contributed by atoms with Crippen molar-refractivity contribution in [2.75, 3.05) is 0 Å². The van der Waals surface area contributed by atoms with Crippen molar-refractivity contribution in [2.24, 2.45) is 5.92 Å². The van der Waals surface area contributed by atoms with Gasteiger partial charge in [-0.1, -0.05) is 23.7 Å². The lowest BCUT2D eigenvalue weighted by atomic mass is 9.89. The molecule has 1 aromatic carbocycles. The molecule has 2 saturated heterocycles. The molecule has 24 heavy (non-hydrogen) atoms. The van der Waals surface area contributed by atoms with Gasteiger partial charge >= 0.3 is 0 Å². The number of carbonyl (C=O) groups excluding carboxylic acids is 1. The molecule has 132 valence electrons. The molecule has 1 N–H and O–H groups in total. The summed E-state index contributed by atoms with van der Waals surface area (Å²) in [5, 5.41) is 4.42. The van der Waals surface area contributed by atoms with E-state index in [0.717, 1.165) is 30.8 Å². The highest BCUT2D eigenvalue weighted by Crippen LogP contribution is 2.35. The van der Waals surface area contributed by atoms with Crippen LogP contribution in [0.3, 0.4) is 0 Å². The largest absolute Gasteiger partial charge is 0.335 e. The van der Waals surface area contributed by atoms with Crippen LogP contribution in [0.15, 0.2) is 24.3 Å². The minimum absolute atomic E-state index is 0. The number of amides is 1. The van der Waals surface area contributed by atoms with Crippen molar-refractivity contribution in [1.82, 2.24) is 10.2 Å². The molecule has 3 nitrogen and oxygen atoms in total. The van der Waals surface area contributed by atoms with E-state index in [1.165, 1.54) is 31.2 Å². The Morgan fingerprint density at radius 1 is 1.08 bits per heavy atom. The molecule has 1 aliphatic carbocycles. The van der Waals surface area contributed by atoms with Crippen LogP contribution in [0.5, 0.6) is 0 Å². The fourth-order valence-corrected chi connectivity index (χ4v) is 4.43. The van der Waals surface area contributed by atoms with Gasteiger partial charge in [0.25, 0.3) is 0 Å². The van der Waals surface area contributed by atoms with Gasteiger partial charge in [0.1, 0.15) is 0 Å². The predicted octanol–water partition coefficient (Wildman–Crippen LogP) is 4.17. The van der Waals surface area contributed by atoms with Gasteiger partial charge in [0, 0.05) is 36.1 Å². The average Bonchev–Trinajstić information content (AvgIpc) is 3.31. The van der Waals surface area contributed by atoms with Gasteiger partial charge in [-0.3, -0.25) is 4.79 Å². The Labute approximate surface area is 155 Å². The lowest BCUT2D eigenvalue weighted by molar-refractivity contribution is -0.133. The lowest BCUT2D eigenvalue weighted by Crippen LogP contribution is -2.40. The number of fused-ring (bicyclic) bond motifs is 2. The van der Waals surface area contributed by atoms with Crippen molar-refractivity contribution in [2.45, 2.75) is 69.6 Å². The third-order valence-electron chi connectivity index (χ3n) is 5.61. The minimum Gasteiger partial charge on any atom is -0.335 e. The molecule has 0 spiro atoms. The zero-order valence-electron chi connectivity index (χ0n) is 13.9. The molecule has 1 aromatic rings. The molecule has 2 unspecified atom stereocenters. The third kappa shape index (κ3) is 4.25. The van der Waals surface area contributed by atoms with Crippen molar-refractivity contribution < 1.29 is 4.79 Å². The van der Waals surface area contributed by atoms with Crippen LogP contribution in [-0.4, -0.2) is 28.9 Å². The maximum absolute atomic E-state index is 12.9. The average molecular weight is 369 g/mol. The second kappa shape index (κ2) is 7.63. The van der Waals surface area contributed by atoms with Gasteiger partial charge in [0.2, 0.25) is 5.91 Å². The number of benzene rings is 1. The monoisotopic (exact) mass is 368 g/mol. The highest BCUT2D eigenvalue weighted by molar-refractivity contribution is 6.30. The molecule has 2 bridgehead atoms. The minimum atomic E-state index is 0. The summed E-state index contributed by atoms with van der Waals surface area (Å²) >= 11 is 5.96. The van der Waals surface area contributed by atoms with E-state index in [9.17, 15) is 4.79 Å². The molecule has 3 aliphatic rings. The van der Waals surface area contributed by atoms with E-state index in [4.69, 9.17) is 11.6 Å². The predicted molar refractivity (Wildman–Crippen MR) is 99.6 cm³/mol. The number of carbonyl (C=O) groups is 1. The summed E-state index contributed by atoms with van der Waals surface area (Å²) in [5.41, 5.74) is 1.18. The first kappa shape index (κ1) is 18.0. The van der Waals surface area contributed by atoms with Crippen molar-refractivity contribution in [3.05, 3.63) is 34.9 Å². The Balaban J connectivity index is 0.00000169. The maximum atomic E-state index is 12.9. The topological polar surface area (TPSA) is 32.3 Å². The van der Waals surface area contributed by atoms with Crippen LogP contribution in [0.4, 0.5) is 0 Å². The smallest absolute Gasteiger partial charge is 0.223 e. The first-order chi connectivity index (χ1) is 11.2. The maximum Gasteiger partial charge on any atom is 0.223 e. The van der Waals surface area contributed by atoms with Gasteiger partial charge < -0.3 is 10.2 Å². The number of hydrogen-bond donors (Lipinski definition) is 1. The summed E-state index contributed by atoms with van der Waals surface area (Å²) in [6.07, 6.45) is 8.02. The highest BCUT2D eigenvalue weighted by Gasteiger charge is 2.37. The molecule has 3 fully saturated rings. The molecule has 0 aromatic heterocycles. The first-order valence-corrected chi connectivity index (χ1v) is 9.35. The number of piperidine rings is 1. The van der Waals surface area contributed by atoms with E-state index < -0.39 is 0 Å². The Hall–Kier alpha value is -0.770. The van der Waals surface area contributed by atoms with E-state index in [2.05, 4.69) is 10.2 Å². The third-order valence-corrected chi connectivity index (χ3v) is 5.86. The van der Waals surface area contributed by atoms with Crippen LogP contribution in [0, 0.1) is 5.92 Å². The van der Waals surface area contributed by atoms with Crippen LogP contribution in [0.2, 0.25) is 5.02 Å². The van der Waals surface area contributed by atoms with Gasteiger partial charge in [-0.2, -0.15) is 0 Å². The summed E-state index contributed by atoms with van der Waals surface area (Å²) in [7, 11) is 0. The van der Waals surface area contributed by atoms with Gasteiger partial charge in [-0.25, -0.2) is 0 Å². The van der Waals surface area contributed by atoms with Crippen molar-refractivity contribution in [3.8, 4) is 0 Å². The summed E-state index contributed by atoms with van der Waals surface area (Å²) < 4.78 is 0. The van der Waals surface area contributed by atoms with Crippen LogP contribution in [0.1, 0.15) is 50.5 Å². The Morgan fingerprint density at radius 3 is 2.29 bits per heavy atom. The molecule has 2 heterocycles. The number of hydrogen-bond acceptors (Lipinski definition) is 2. The van der Waals surface area contributed by atoms with E-state index in [1.807, 2.05) is 24.3 Å². The van der Waals surface area contributed by atoms with Crippen molar-refractivity contribution >= 4 is 29.9 Å². The van der Waals surface area contributed by atoms with Crippen LogP contribution in [0.25, 0.3) is 0 Å². The second-order valence-corrected chi connectivity index (χ2v) is 8.00. The number of nitrogens with zero attached hydrogens (tertiary/aromatic N) is 1. The summed E-state index contributed by atoms with van der Waals surface area (Å²) in [5.74, 6) is 0.932. The Bertz CT molecular complexity index is 561. The zero-order valence-corrected chi connectivity index (χ0v) is 15.5. The molecular formula is C19H26Cl2N2O. The molecule has 1 amide bonds. The standard InChI is InChI=1S/C19H25ClN2O.ClH/c20-15-3-1-13(2-4-15)12-22(18-7-8-18)19(23)11-14-9-16-5-6-17(10-14)21-16;/h1-4,14,16-18,21H,5-12H2;1H.